The first kappa shape index (κ1) is 22.4. The maximum atomic E-state index is 11.4. The van der Waals surface area contributed by atoms with E-state index in [1.54, 1.807) is 0 Å². The summed E-state index contributed by atoms with van der Waals surface area (Å²) in [6.45, 7) is 6.21. The lowest BCUT2D eigenvalue weighted by molar-refractivity contribution is -0.140. The van der Waals surface area contributed by atoms with Crippen molar-refractivity contribution in [1.82, 2.24) is 0 Å². The highest BCUT2D eigenvalue weighted by molar-refractivity contribution is 5.91. The van der Waals surface area contributed by atoms with Crippen molar-refractivity contribution in [2.45, 2.75) is 77.6 Å². The van der Waals surface area contributed by atoms with E-state index in [0.717, 1.165) is 25.0 Å². The minimum absolute atomic E-state index is 0.136. The third-order valence-corrected chi connectivity index (χ3v) is 3.69. The molecule has 0 aromatic carbocycles. The predicted octanol–water partition coefficient (Wildman–Crippen LogP) is 5.13. The van der Waals surface area contributed by atoms with E-state index >= 15 is 0 Å². The van der Waals surface area contributed by atoms with Gasteiger partial charge < -0.3 is 9.47 Å². The van der Waals surface area contributed by atoms with Gasteiger partial charge in [0, 0.05) is 12.2 Å². The summed E-state index contributed by atoms with van der Waals surface area (Å²) in [5.74, 6) is -1.07. The Kier molecular flexibility index (Phi) is 16.6. The molecule has 4 nitrogen and oxygen atoms in total. The van der Waals surface area contributed by atoms with Crippen molar-refractivity contribution in [3.05, 3.63) is 24.8 Å². The van der Waals surface area contributed by atoms with E-state index < -0.39 is 11.9 Å². The minimum Gasteiger partial charge on any atom is -0.463 e. The van der Waals surface area contributed by atoms with E-state index in [2.05, 4.69) is 13.5 Å². The van der Waals surface area contributed by atoms with Crippen molar-refractivity contribution in [2.75, 3.05) is 13.2 Å². The van der Waals surface area contributed by atoms with Gasteiger partial charge in [0.15, 0.2) is 0 Å². The van der Waals surface area contributed by atoms with Crippen LogP contribution in [-0.4, -0.2) is 25.2 Å². The highest BCUT2D eigenvalue weighted by Gasteiger charge is 2.00. The average molecular weight is 338 g/mol. The largest absolute Gasteiger partial charge is 0.463 e. The van der Waals surface area contributed by atoms with Gasteiger partial charge in [-0.15, -0.1) is 0 Å². The lowest BCUT2D eigenvalue weighted by Crippen LogP contribution is -2.05. The molecule has 4 heteroatoms. The van der Waals surface area contributed by atoms with Crippen molar-refractivity contribution >= 4 is 11.9 Å². The van der Waals surface area contributed by atoms with Gasteiger partial charge in [-0.25, -0.2) is 9.59 Å². The van der Waals surface area contributed by atoms with Crippen molar-refractivity contribution in [3.63, 3.8) is 0 Å². The van der Waals surface area contributed by atoms with Crippen molar-refractivity contribution in [2.24, 2.45) is 0 Å². The topological polar surface area (TPSA) is 52.6 Å². The molecule has 0 aliphatic carbocycles. The molecule has 0 fully saturated rings. The molecule has 138 valence electrons. The molecule has 0 aromatic rings. The Labute approximate surface area is 147 Å². The molecule has 0 amide bonds. The number of hydrogen-bond acceptors (Lipinski definition) is 4. The van der Waals surface area contributed by atoms with Crippen LogP contribution in [-0.2, 0) is 19.1 Å². The van der Waals surface area contributed by atoms with E-state index in [-0.39, 0.29) is 6.61 Å². The third-order valence-electron chi connectivity index (χ3n) is 3.69. The molecule has 0 unspecified atom stereocenters. The van der Waals surface area contributed by atoms with Crippen LogP contribution in [0.25, 0.3) is 0 Å². The van der Waals surface area contributed by atoms with Crippen LogP contribution in [0.4, 0.5) is 0 Å². The average Bonchev–Trinajstić information content (AvgIpc) is 2.59. The molecule has 0 N–H and O–H groups in total. The van der Waals surface area contributed by atoms with Crippen LogP contribution >= 0.6 is 0 Å². The van der Waals surface area contributed by atoms with Crippen LogP contribution in [0.2, 0.25) is 0 Å². The fourth-order valence-electron chi connectivity index (χ4n) is 2.31. The molecule has 0 saturated carbocycles. The lowest BCUT2D eigenvalue weighted by atomic mass is 10.1. The first-order valence-electron chi connectivity index (χ1n) is 9.33. The summed E-state index contributed by atoms with van der Waals surface area (Å²) in [5, 5.41) is 0. The molecule has 0 aliphatic rings. The Bertz CT molecular complexity index is 361. The highest BCUT2D eigenvalue weighted by Crippen LogP contribution is 2.11. The van der Waals surface area contributed by atoms with Crippen molar-refractivity contribution in [3.8, 4) is 0 Å². The van der Waals surface area contributed by atoms with Crippen molar-refractivity contribution in [1.29, 1.82) is 0 Å². The maximum Gasteiger partial charge on any atom is 0.331 e. The number of esters is 2. The van der Waals surface area contributed by atoms with E-state index in [4.69, 9.17) is 9.47 Å². The normalized spacial score (nSPS) is 10.7. The first-order chi connectivity index (χ1) is 11.7. The molecular formula is C20H34O4. The fourth-order valence-corrected chi connectivity index (χ4v) is 2.31. The Morgan fingerprint density at radius 3 is 1.71 bits per heavy atom. The molecule has 0 spiro atoms. The van der Waals surface area contributed by atoms with Crippen LogP contribution in [0.15, 0.2) is 24.8 Å². The summed E-state index contributed by atoms with van der Waals surface area (Å²) in [4.78, 5) is 22.5. The molecule has 0 rings (SSSR count). The molecule has 0 saturated heterocycles. The number of rotatable bonds is 16. The summed E-state index contributed by atoms with van der Waals surface area (Å²) in [7, 11) is 0. The highest BCUT2D eigenvalue weighted by atomic mass is 16.5. The summed E-state index contributed by atoms with van der Waals surface area (Å²) in [6, 6.07) is 0. The number of carbonyl (C=O) groups is 2. The number of carbonyl (C=O) groups excluding carboxylic acids is 2. The second-order valence-electron chi connectivity index (χ2n) is 5.96. The molecule has 24 heavy (non-hydrogen) atoms. The molecule has 0 aliphatic heterocycles. The van der Waals surface area contributed by atoms with E-state index in [9.17, 15) is 9.59 Å². The van der Waals surface area contributed by atoms with Crippen LogP contribution in [0, 0.1) is 0 Å². The number of ether oxygens (including phenoxy) is 2. The molecule has 0 bridgehead atoms. The van der Waals surface area contributed by atoms with E-state index in [0.29, 0.717) is 6.61 Å². The van der Waals surface area contributed by atoms with Gasteiger partial charge in [-0.1, -0.05) is 83.8 Å². The molecule has 0 heterocycles. The summed E-state index contributed by atoms with van der Waals surface area (Å²) < 4.78 is 9.73. The third kappa shape index (κ3) is 16.8. The van der Waals surface area contributed by atoms with Gasteiger partial charge in [-0.3, -0.25) is 0 Å². The Morgan fingerprint density at radius 2 is 1.21 bits per heavy atom. The zero-order valence-electron chi connectivity index (χ0n) is 15.3. The number of hydrogen-bond donors (Lipinski definition) is 0. The van der Waals surface area contributed by atoms with Crippen molar-refractivity contribution < 1.29 is 19.1 Å². The van der Waals surface area contributed by atoms with Gasteiger partial charge in [-0.05, 0) is 6.42 Å². The van der Waals surface area contributed by atoms with E-state index in [1.807, 2.05) is 0 Å². The predicted molar refractivity (Wildman–Crippen MR) is 97.7 cm³/mol. The molecule has 0 radical (unpaired) electrons. The fraction of sp³-hybridized carbons (Fsp3) is 0.700. The molecular weight excluding hydrogens is 304 g/mol. The summed E-state index contributed by atoms with van der Waals surface area (Å²) >= 11 is 0. The first-order valence-corrected chi connectivity index (χ1v) is 9.33. The number of unbranched alkanes of at least 4 members (excludes halogenated alkanes) is 10. The Hall–Kier alpha value is -1.58. The molecule has 0 aromatic heterocycles. The van der Waals surface area contributed by atoms with Crippen LogP contribution in [0.1, 0.15) is 77.6 Å². The summed E-state index contributed by atoms with van der Waals surface area (Å²) in [6.07, 6.45) is 17.5. The maximum absolute atomic E-state index is 11.4. The second kappa shape index (κ2) is 17.8. The van der Waals surface area contributed by atoms with Crippen LogP contribution in [0.3, 0.4) is 0 Å². The monoisotopic (exact) mass is 338 g/mol. The Balaban J connectivity index is 3.34. The van der Waals surface area contributed by atoms with Gasteiger partial charge in [0.05, 0.1) is 6.61 Å². The quantitative estimate of drug-likeness (QED) is 0.169. The SMILES string of the molecule is C=CCOC(=O)/C=C\C(=O)OCCCCCCCCCCCCC. The molecule has 0 atom stereocenters. The zero-order chi connectivity index (χ0) is 17.9. The second-order valence-corrected chi connectivity index (χ2v) is 5.96. The van der Waals surface area contributed by atoms with Gasteiger partial charge in [0.1, 0.15) is 6.61 Å². The van der Waals surface area contributed by atoms with Crippen LogP contribution < -0.4 is 0 Å². The van der Waals surface area contributed by atoms with Crippen LogP contribution in [0.5, 0.6) is 0 Å². The van der Waals surface area contributed by atoms with Gasteiger partial charge in [-0.2, -0.15) is 0 Å². The standard InChI is InChI=1S/C20H34O4/c1-3-5-6-7-8-9-10-11-12-13-14-18-24-20(22)16-15-19(21)23-17-4-2/h4,15-16H,2-3,5-14,17-18H2,1H3/b16-15-. The summed E-state index contributed by atoms with van der Waals surface area (Å²) in [5.41, 5.74) is 0. The van der Waals surface area contributed by atoms with Gasteiger partial charge in [0.25, 0.3) is 0 Å². The smallest absolute Gasteiger partial charge is 0.331 e. The van der Waals surface area contributed by atoms with E-state index in [1.165, 1.54) is 63.9 Å². The van der Waals surface area contributed by atoms with Gasteiger partial charge >= 0.3 is 11.9 Å². The minimum atomic E-state index is -0.568. The van der Waals surface area contributed by atoms with Gasteiger partial charge in [0.2, 0.25) is 0 Å². The zero-order valence-corrected chi connectivity index (χ0v) is 15.3. The lowest BCUT2D eigenvalue weighted by Gasteiger charge is -2.03. The Morgan fingerprint density at radius 1 is 0.750 bits per heavy atom.